The van der Waals surface area contributed by atoms with E-state index in [1.807, 2.05) is 6.07 Å². The summed E-state index contributed by atoms with van der Waals surface area (Å²) in [5.74, 6) is 1.55. The summed E-state index contributed by atoms with van der Waals surface area (Å²) in [4.78, 5) is 4.81. The van der Waals surface area contributed by atoms with Gasteiger partial charge in [-0.15, -0.1) is 0 Å². The van der Waals surface area contributed by atoms with Crippen LogP contribution in [0, 0.1) is 0 Å². The normalized spacial score (nSPS) is 12.9. The van der Waals surface area contributed by atoms with Crippen molar-refractivity contribution in [2.45, 2.75) is 52.1 Å². The molecule has 2 aromatic carbocycles. The molecule has 0 aliphatic heterocycles. The third kappa shape index (κ3) is 3.36. The van der Waals surface area contributed by atoms with Crippen LogP contribution in [0.15, 0.2) is 48.5 Å². The SMILES string of the molecule is CCCC(N)c1nc2ccccc2n1Cc1ccc(C(C)C)cc1. The van der Waals surface area contributed by atoms with Crippen LogP contribution < -0.4 is 5.73 Å². The third-order valence-electron chi connectivity index (χ3n) is 4.60. The first-order chi connectivity index (χ1) is 11.6. The highest BCUT2D eigenvalue weighted by atomic mass is 15.1. The lowest BCUT2D eigenvalue weighted by Crippen LogP contribution is -2.17. The van der Waals surface area contributed by atoms with Crippen LogP contribution in [-0.2, 0) is 6.54 Å². The van der Waals surface area contributed by atoms with Crippen LogP contribution in [0.4, 0.5) is 0 Å². The van der Waals surface area contributed by atoms with Crippen LogP contribution in [-0.4, -0.2) is 9.55 Å². The molecule has 0 amide bonds. The van der Waals surface area contributed by atoms with Gasteiger partial charge in [0, 0.05) is 6.54 Å². The highest BCUT2D eigenvalue weighted by molar-refractivity contribution is 5.76. The van der Waals surface area contributed by atoms with Crippen LogP contribution in [0.2, 0.25) is 0 Å². The number of nitrogens with two attached hydrogens (primary N) is 1. The minimum Gasteiger partial charge on any atom is -0.322 e. The number of rotatable bonds is 6. The number of aromatic nitrogens is 2. The summed E-state index contributed by atoms with van der Waals surface area (Å²) in [7, 11) is 0. The van der Waals surface area contributed by atoms with E-state index in [0.717, 1.165) is 36.2 Å². The number of benzene rings is 2. The number of nitrogens with zero attached hydrogens (tertiary/aromatic N) is 2. The fraction of sp³-hybridized carbons (Fsp3) is 0.381. The molecule has 1 atom stereocenters. The monoisotopic (exact) mass is 321 g/mol. The fourth-order valence-electron chi connectivity index (χ4n) is 3.17. The Morgan fingerprint density at radius 2 is 1.75 bits per heavy atom. The Bertz CT molecular complexity index is 800. The maximum atomic E-state index is 6.40. The number of imidazole rings is 1. The molecule has 126 valence electrons. The summed E-state index contributed by atoms with van der Waals surface area (Å²) in [6, 6.07) is 17.2. The van der Waals surface area contributed by atoms with Gasteiger partial charge in [0.2, 0.25) is 0 Å². The second-order valence-corrected chi connectivity index (χ2v) is 6.84. The van der Waals surface area contributed by atoms with Gasteiger partial charge in [0.05, 0.1) is 17.1 Å². The Labute approximate surface area is 144 Å². The first-order valence-electron chi connectivity index (χ1n) is 8.89. The molecule has 0 saturated carbocycles. The van der Waals surface area contributed by atoms with Crippen molar-refractivity contribution >= 4 is 11.0 Å². The van der Waals surface area contributed by atoms with Gasteiger partial charge in [0.25, 0.3) is 0 Å². The molecule has 0 saturated heterocycles. The van der Waals surface area contributed by atoms with Crippen LogP contribution in [0.3, 0.4) is 0 Å². The summed E-state index contributed by atoms with van der Waals surface area (Å²) in [5.41, 5.74) is 11.2. The van der Waals surface area contributed by atoms with Gasteiger partial charge >= 0.3 is 0 Å². The molecule has 1 aromatic heterocycles. The molecule has 3 heteroatoms. The predicted molar refractivity (Wildman–Crippen MR) is 101 cm³/mol. The van der Waals surface area contributed by atoms with Crippen LogP contribution in [0.1, 0.15) is 62.5 Å². The van der Waals surface area contributed by atoms with Crippen molar-refractivity contribution in [3.8, 4) is 0 Å². The summed E-state index contributed by atoms with van der Waals surface area (Å²) in [6.45, 7) is 7.42. The number of hydrogen-bond donors (Lipinski definition) is 1. The van der Waals surface area contributed by atoms with E-state index in [9.17, 15) is 0 Å². The summed E-state index contributed by atoms with van der Waals surface area (Å²) in [6.07, 6.45) is 2.02. The zero-order valence-corrected chi connectivity index (χ0v) is 14.9. The van der Waals surface area contributed by atoms with Gasteiger partial charge in [-0.3, -0.25) is 0 Å². The molecule has 1 unspecified atom stereocenters. The lowest BCUT2D eigenvalue weighted by atomic mass is 10.0. The maximum absolute atomic E-state index is 6.40. The average Bonchev–Trinajstić information content (AvgIpc) is 2.94. The van der Waals surface area contributed by atoms with E-state index < -0.39 is 0 Å². The van der Waals surface area contributed by atoms with Gasteiger partial charge < -0.3 is 10.3 Å². The minimum atomic E-state index is -0.0164. The molecular formula is C21H27N3. The minimum absolute atomic E-state index is 0.0164. The van der Waals surface area contributed by atoms with Crippen molar-refractivity contribution in [1.82, 2.24) is 9.55 Å². The summed E-state index contributed by atoms with van der Waals surface area (Å²) >= 11 is 0. The van der Waals surface area contributed by atoms with E-state index in [2.05, 4.69) is 67.8 Å². The Morgan fingerprint density at radius 3 is 2.42 bits per heavy atom. The zero-order valence-electron chi connectivity index (χ0n) is 14.9. The molecule has 0 spiro atoms. The Balaban J connectivity index is 1.99. The third-order valence-corrected chi connectivity index (χ3v) is 4.60. The molecule has 0 aliphatic rings. The van der Waals surface area contributed by atoms with E-state index in [1.165, 1.54) is 11.1 Å². The molecule has 3 nitrogen and oxygen atoms in total. The number of fused-ring (bicyclic) bond motifs is 1. The number of para-hydroxylation sites is 2. The van der Waals surface area contributed by atoms with E-state index in [1.54, 1.807) is 0 Å². The molecule has 2 N–H and O–H groups in total. The molecule has 0 radical (unpaired) electrons. The largest absolute Gasteiger partial charge is 0.322 e. The quantitative estimate of drug-likeness (QED) is 0.693. The van der Waals surface area contributed by atoms with Gasteiger partial charge in [-0.2, -0.15) is 0 Å². The van der Waals surface area contributed by atoms with Crippen molar-refractivity contribution in [2.75, 3.05) is 0 Å². The first kappa shape index (κ1) is 16.7. The van der Waals surface area contributed by atoms with Gasteiger partial charge in [-0.05, 0) is 35.6 Å². The topological polar surface area (TPSA) is 43.8 Å². The van der Waals surface area contributed by atoms with Crippen molar-refractivity contribution in [1.29, 1.82) is 0 Å². The molecule has 1 heterocycles. The molecule has 24 heavy (non-hydrogen) atoms. The fourth-order valence-corrected chi connectivity index (χ4v) is 3.17. The second kappa shape index (κ2) is 7.18. The zero-order chi connectivity index (χ0) is 17.1. The summed E-state index contributed by atoms with van der Waals surface area (Å²) < 4.78 is 2.28. The van der Waals surface area contributed by atoms with E-state index in [0.29, 0.717) is 5.92 Å². The Hall–Kier alpha value is -2.13. The standard InChI is InChI=1S/C21H27N3/c1-4-7-18(22)21-23-19-8-5-6-9-20(19)24(21)14-16-10-12-17(13-11-16)15(2)3/h5-6,8-13,15,18H,4,7,14,22H2,1-3H3. The maximum Gasteiger partial charge on any atom is 0.127 e. The molecule has 0 aliphatic carbocycles. The van der Waals surface area contributed by atoms with Gasteiger partial charge in [-0.25, -0.2) is 4.98 Å². The van der Waals surface area contributed by atoms with Gasteiger partial charge in [-0.1, -0.05) is 63.6 Å². The van der Waals surface area contributed by atoms with Crippen LogP contribution in [0.25, 0.3) is 11.0 Å². The van der Waals surface area contributed by atoms with Gasteiger partial charge in [0.1, 0.15) is 5.82 Å². The first-order valence-corrected chi connectivity index (χ1v) is 8.89. The smallest absolute Gasteiger partial charge is 0.127 e. The summed E-state index contributed by atoms with van der Waals surface area (Å²) in [5, 5.41) is 0. The van der Waals surface area contributed by atoms with Crippen LogP contribution in [0.5, 0.6) is 0 Å². The number of hydrogen-bond acceptors (Lipinski definition) is 2. The Morgan fingerprint density at radius 1 is 1.04 bits per heavy atom. The molecule has 0 bridgehead atoms. The molecule has 3 aromatic rings. The lowest BCUT2D eigenvalue weighted by Gasteiger charge is -2.15. The lowest BCUT2D eigenvalue weighted by molar-refractivity contribution is 0.572. The molecule has 0 fully saturated rings. The second-order valence-electron chi connectivity index (χ2n) is 6.84. The predicted octanol–water partition coefficient (Wildman–Crippen LogP) is 5.01. The van der Waals surface area contributed by atoms with E-state index in [-0.39, 0.29) is 6.04 Å². The molecular weight excluding hydrogens is 294 g/mol. The van der Waals surface area contributed by atoms with Crippen molar-refractivity contribution in [3.05, 3.63) is 65.5 Å². The van der Waals surface area contributed by atoms with Crippen molar-refractivity contribution in [3.63, 3.8) is 0 Å². The molecule has 3 rings (SSSR count). The highest BCUT2D eigenvalue weighted by Crippen LogP contribution is 2.24. The van der Waals surface area contributed by atoms with Crippen LogP contribution >= 0.6 is 0 Å². The average molecular weight is 321 g/mol. The van der Waals surface area contributed by atoms with Crippen molar-refractivity contribution in [2.24, 2.45) is 5.73 Å². The highest BCUT2D eigenvalue weighted by Gasteiger charge is 2.16. The van der Waals surface area contributed by atoms with E-state index >= 15 is 0 Å². The van der Waals surface area contributed by atoms with Crippen molar-refractivity contribution < 1.29 is 0 Å². The van der Waals surface area contributed by atoms with E-state index in [4.69, 9.17) is 10.7 Å². The Kier molecular flexibility index (Phi) is 5.00. The van der Waals surface area contributed by atoms with Gasteiger partial charge in [0.15, 0.2) is 0 Å².